The Morgan fingerprint density at radius 1 is 0.327 bits per heavy atom. The van der Waals surface area contributed by atoms with Gasteiger partial charge < -0.3 is 4.57 Å². The van der Waals surface area contributed by atoms with Gasteiger partial charge in [-0.3, -0.25) is 4.57 Å². The lowest BCUT2D eigenvalue weighted by molar-refractivity contribution is 0.953. The van der Waals surface area contributed by atoms with Crippen LogP contribution in [0.25, 0.3) is 99.6 Å². The van der Waals surface area contributed by atoms with Gasteiger partial charge in [-0.2, -0.15) is 9.97 Å². The topological polar surface area (TPSA) is 48.5 Å². The molecule has 0 bridgehead atoms. The van der Waals surface area contributed by atoms with Gasteiger partial charge in [-0.25, -0.2) is 4.98 Å². The van der Waals surface area contributed by atoms with E-state index < -0.39 is 0 Å². The minimum absolute atomic E-state index is 0.575. The fraction of sp³-hybridized carbons (Fsp3) is 0. The van der Waals surface area contributed by atoms with Crippen LogP contribution in [-0.4, -0.2) is 24.1 Å². The molecule has 11 rings (SSSR count). The van der Waals surface area contributed by atoms with Gasteiger partial charge in [0.15, 0.2) is 11.6 Å². The molecule has 0 saturated carbocycles. The molecule has 3 heterocycles. The third kappa shape index (κ3) is 4.20. The number of aromatic nitrogens is 5. The van der Waals surface area contributed by atoms with Crippen molar-refractivity contribution in [2.75, 3.05) is 0 Å². The first-order chi connectivity index (χ1) is 25.8. The van der Waals surface area contributed by atoms with Crippen molar-refractivity contribution >= 4 is 65.2 Å². The number of rotatable bonds is 4. The Balaban J connectivity index is 1.36. The van der Waals surface area contributed by atoms with E-state index >= 15 is 0 Å². The largest absolute Gasteiger partial charge is 0.306 e. The number of nitrogens with zero attached hydrogens (tertiary/aromatic N) is 5. The summed E-state index contributed by atoms with van der Waals surface area (Å²) in [4.78, 5) is 15.6. The molecular formula is C47H29N5. The normalized spacial score (nSPS) is 11.8. The van der Waals surface area contributed by atoms with Gasteiger partial charge in [0.25, 0.3) is 0 Å². The molecular weight excluding hydrogens is 635 g/mol. The molecule has 0 radical (unpaired) electrons. The van der Waals surface area contributed by atoms with Gasteiger partial charge in [0, 0.05) is 43.4 Å². The summed E-state index contributed by atoms with van der Waals surface area (Å²) in [6.45, 7) is 0. The third-order valence-corrected chi connectivity index (χ3v) is 10.3. The molecule has 0 N–H and O–H groups in total. The molecule has 0 aliphatic carbocycles. The summed E-state index contributed by atoms with van der Waals surface area (Å²) in [5.74, 6) is 1.83. The predicted octanol–water partition coefficient (Wildman–Crippen LogP) is 11.7. The maximum Gasteiger partial charge on any atom is 0.238 e. The Morgan fingerprint density at radius 2 is 0.750 bits per heavy atom. The molecule has 0 saturated heterocycles. The Labute approximate surface area is 298 Å². The summed E-state index contributed by atoms with van der Waals surface area (Å²) in [6, 6.07) is 62.0. The first-order valence-corrected chi connectivity index (χ1v) is 17.6. The van der Waals surface area contributed by atoms with Gasteiger partial charge in [0.1, 0.15) is 0 Å². The second-order valence-corrected chi connectivity index (χ2v) is 13.2. The SMILES string of the molecule is c1ccc(-c2nc(-c3ccccc3)nc(-n3c4ccccc4c4ccc5c6ccccc6n(-c6c7ccccc7cc7ccccc67)c5c43)n2)cc1. The molecule has 0 aliphatic heterocycles. The van der Waals surface area contributed by atoms with Crippen LogP contribution in [0.4, 0.5) is 0 Å². The molecule has 0 spiro atoms. The van der Waals surface area contributed by atoms with Gasteiger partial charge in [-0.1, -0.05) is 158 Å². The maximum absolute atomic E-state index is 5.27. The summed E-state index contributed by atoms with van der Waals surface area (Å²) in [6.07, 6.45) is 0. The first-order valence-electron chi connectivity index (χ1n) is 17.6. The number of hydrogen-bond acceptors (Lipinski definition) is 3. The van der Waals surface area contributed by atoms with Crippen molar-refractivity contribution in [3.05, 3.63) is 176 Å². The third-order valence-electron chi connectivity index (χ3n) is 10.3. The van der Waals surface area contributed by atoms with E-state index in [0.29, 0.717) is 17.6 Å². The summed E-state index contributed by atoms with van der Waals surface area (Å²) >= 11 is 0. The predicted molar refractivity (Wildman–Crippen MR) is 214 cm³/mol. The van der Waals surface area contributed by atoms with Gasteiger partial charge >= 0.3 is 0 Å². The van der Waals surface area contributed by atoms with Crippen molar-refractivity contribution < 1.29 is 0 Å². The lowest BCUT2D eigenvalue weighted by Gasteiger charge is -2.17. The fourth-order valence-electron chi connectivity index (χ4n) is 8.07. The molecule has 0 amide bonds. The van der Waals surface area contributed by atoms with Crippen molar-refractivity contribution in [1.29, 1.82) is 0 Å². The molecule has 0 unspecified atom stereocenters. The van der Waals surface area contributed by atoms with Crippen molar-refractivity contribution in [2.24, 2.45) is 0 Å². The highest BCUT2D eigenvalue weighted by Crippen LogP contribution is 2.44. The minimum atomic E-state index is 0.575. The maximum atomic E-state index is 5.27. The van der Waals surface area contributed by atoms with Crippen molar-refractivity contribution in [3.8, 4) is 34.4 Å². The molecule has 5 heteroatoms. The Hall–Kier alpha value is -7.11. The number of fused-ring (bicyclic) bond motifs is 9. The second-order valence-electron chi connectivity index (χ2n) is 13.2. The summed E-state index contributed by atoms with van der Waals surface area (Å²) in [7, 11) is 0. The number of benzene rings is 8. The van der Waals surface area contributed by atoms with Crippen LogP contribution in [0.1, 0.15) is 0 Å². The Morgan fingerprint density at radius 3 is 1.29 bits per heavy atom. The van der Waals surface area contributed by atoms with Gasteiger partial charge in [-0.05, 0) is 29.0 Å². The van der Waals surface area contributed by atoms with Crippen LogP contribution in [0, 0.1) is 0 Å². The molecule has 8 aromatic carbocycles. The highest BCUT2D eigenvalue weighted by molar-refractivity contribution is 6.25. The standard InChI is InChI=1S/C47H29N5/c1-3-15-30(16-4-1)45-48-46(31-17-5-2-6-18-31)50-47(49-45)52-41-26-14-12-24-37(41)39-28-27-38-36-23-11-13-25-40(36)51(43(38)44(39)52)42-34-21-9-7-19-32(34)29-33-20-8-10-22-35(33)42/h1-29H. The van der Waals surface area contributed by atoms with Crippen LogP contribution in [0.5, 0.6) is 0 Å². The average molecular weight is 664 g/mol. The summed E-state index contributed by atoms with van der Waals surface area (Å²) in [5.41, 5.74) is 7.38. The highest BCUT2D eigenvalue weighted by Gasteiger charge is 2.24. The fourth-order valence-corrected chi connectivity index (χ4v) is 8.07. The van der Waals surface area contributed by atoms with Crippen LogP contribution in [0.2, 0.25) is 0 Å². The van der Waals surface area contributed by atoms with Crippen LogP contribution < -0.4 is 0 Å². The van der Waals surface area contributed by atoms with Gasteiger partial charge in [-0.15, -0.1) is 0 Å². The summed E-state index contributed by atoms with van der Waals surface area (Å²) in [5, 5.41) is 9.44. The number of hydrogen-bond donors (Lipinski definition) is 0. The zero-order valence-corrected chi connectivity index (χ0v) is 28.0. The Kier molecular flexibility index (Phi) is 6.18. The molecule has 3 aromatic heterocycles. The molecule has 11 aromatic rings. The van der Waals surface area contributed by atoms with Crippen molar-refractivity contribution in [3.63, 3.8) is 0 Å². The molecule has 0 aliphatic rings. The van der Waals surface area contributed by atoms with Crippen LogP contribution in [0.15, 0.2) is 176 Å². The molecule has 52 heavy (non-hydrogen) atoms. The van der Waals surface area contributed by atoms with E-state index in [0.717, 1.165) is 49.7 Å². The van der Waals surface area contributed by atoms with Gasteiger partial charge in [0.2, 0.25) is 5.95 Å². The lowest BCUT2D eigenvalue weighted by Crippen LogP contribution is -2.07. The quantitative estimate of drug-likeness (QED) is 0.176. The van der Waals surface area contributed by atoms with Crippen LogP contribution in [0.3, 0.4) is 0 Å². The Bertz CT molecular complexity index is 3060. The first kappa shape index (κ1) is 28.7. The molecule has 0 atom stereocenters. The van der Waals surface area contributed by atoms with E-state index in [4.69, 9.17) is 15.0 Å². The van der Waals surface area contributed by atoms with E-state index in [-0.39, 0.29) is 0 Å². The van der Waals surface area contributed by atoms with Crippen LogP contribution >= 0.6 is 0 Å². The summed E-state index contributed by atoms with van der Waals surface area (Å²) < 4.78 is 4.75. The minimum Gasteiger partial charge on any atom is -0.306 e. The molecule has 5 nitrogen and oxygen atoms in total. The van der Waals surface area contributed by atoms with E-state index in [1.165, 1.54) is 32.3 Å². The van der Waals surface area contributed by atoms with Crippen molar-refractivity contribution in [1.82, 2.24) is 24.1 Å². The molecule has 0 fully saturated rings. The lowest BCUT2D eigenvalue weighted by atomic mass is 10.0. The molecule has 242 valence electrons. The smallest absolute Gasteiger partial charge is 0.238 e. The van der Waals surface area contributed by atoms with E-state index in [1.54, 1.807) is 0 Å². The van der Waals surface area contributed by atoms with E-state index in [9.17, 15) is 0 Å². The van der Waals surface area contributed by atoms with Crippen molar-refractivity contribution in [2.45, 2.75) is 0 Å². The average Bonchev–Trinajstić information content (AvgIpc) is 3.73. The monoisotopic (exact) mass is 663 g/mol. The van der Waals surface area contributed by atoms with Crippen LogP contribution in [-0.2, 0) is 0 Å². The van der Waals surface area contributed by atoms with Gasteiger partial charge in [0.05, 0.1) is 27.8 Å². The second kappa shape index (κ2) is 11.2. The highest BCUT2D eigenvalue weighted by atomic mass is 15.2. The van der Waals surface area contributed by atoms with E-state index in [1.807, 2.05) is 36.4 Å². The van der Waals surface area contributed by atoms with E-state index in [2.05, 4.69) is 149 Å². The zero-order valence-electron chi connectivity index (χ0n) is 28.0. The zero-order chi connectivity index (χ0) is 34.2. The number of para-hydroxylation sites is 2.